The predicted molar refractivity (Wildman–Crippen MR) is 146 cm³/mol. The minimum Gasteiger partial charge on any atom is -0.369 e. The van der Waals surface area contributed by atoms with E-state index in [-0.39, 0.29) is 17.8 Å². The minimum atomic E-state index is -0.280. The Kier molecular flexibility index (Phi) is 7.08. The smallest absolute Gasteiger partial charge is 0.254 e. The number of amides is 1. The summed E-state index contributed by atoms with van der Waals surface area (Å²) in [6, 6.07) is 16.0. The Morgan fingerprint density at radius 3 is 2.41 bits per heavy atom. The van der Waals surface area contributed by atoms with Gasteiger partial charge < -0.3 is 14.7 Å². The predicted octanol–water partition coefficient (Wildman–Crippen LogP) is 5.15. The average molecular weight is 501 g/mol. The van der Waals surface area contributed by atoms with Crippen LogP contribution in [0.15, 0.2) is 67.1 Å². The molecule has 2 fully saturated rings. The van der Waals surface area contributed by atoms with Gasteiger partial charge in [-0.05, 0) is 43.7 Å². The van der Waals surface area contributed by atoms with Crippen molar-refractivity contribution >= 4 is 28.4 Å². The molecule has 6 rings (SSSR count). The first-order valence-electron chi connectivity index (χ1n) is 13.1. The van der Waals surface area contributed by atoms with E-state index in [1.54, 1.807) is 12.4 Å². The van der Waals surface area contributed by atoms with Crippen molar-refractivity contribution in [2.75, 3.05) is 42.5 Å². The van der Waals surface area contributed by atoms with E-state index in [2.05, 4.69) is 27.9 Å². The fourth-order valence-corrected chi connectivity index (χ4v) is 5.08. The Hall–Kier alpha value is -3.94. The van der Waals surface area contributed by atoms with Gasteiger partial charge in [0.2, 0.25) is 0 Å². The molecule has 0 radical (unpaired) electrons. The first-order chi connectivity index (χ1) is 18.1. The number of aromatic nitrogens is 3. The fraction of sp³-hybridized carbons (Fsp3) is 0.345. The van der Waals surface area contributed by atoms with E-state index in [1.807, 2.05) is 59.7 Å². The summed E-state index contributed by atoms with van der Waals surface area (Å²) in [7, 11) is 0. The highest BCUT2D eigenvalue weighted by atomic mass is 19.1. The number of halogens is 1. The molecule has 1 atom stereocenters. The van der Waals surface area contributed by atoms with Crippen LogP contribution in [0.4, 0.5) is 15.9 Å². The molecule has 1 unspecified atom stereocenters. The lowest BCUT2D eigenvalue weighted by molar-refractivity contribution is 0.0674. The van der Waals surface area contributed by atoms with E-state index >= 15 is 0 Å². The number of nitrogens with zero attached hydrogens (tertiary/aromatic N) is 6. The van der Waals surface area contributed by atoms with Gasteiger partial charge in [-0.25, -0.2) is 14.4 Å². The van der Waals surface area contributed by atoms with Gasteiger partial charge in [0.15, 0.2) is 5.65 Å². The van der Waals surface area contributed by atoms with Gasteiger partial charge in [-0.3, -0.25) is 9.36 Å². The number of hydrogen-bond donors (Lipinski definition) is 0. The summed E-state index contributed by atoms with van der Waals surface area (Å²) >= 11 is 0. The van der Waals surface area contributed by atoms with Crippen molar-refractivity contribution in [3.8, 4) is 5.69 Å². The second-order valence-corrected chi connectivity index (χ2v) is 9.26. The van der Waals surface area contributed by atoms with E-state index in [0.717, 1.165) is 47.7 Å². The van der Waals surface area contributed by atoms with E-state index in [9.17, 15) is 9.18 Å². The Balaban J connectivity index is 0.00000137. The third-order valence-corrected chi connectivity index (χ3v) is 7.03. The van der Waals surface area contributed by atoms with Crippen LogP contribution in [0.2, 0.25) is 0 Å². The molecule has 0 bridgehead atoms. The van der Waals surface area contributed by atoms with Crippen LogP contribution in [0.5, 0.6) is 0 Å². The summed E-state index contributed by atoms with van der Waals surface area (Å²) in [5.74, 6) is 0.645. The number of piperazine rings is 1. The zero-order chi connectivity index (χ0) is 25.9. The Morgan fingerprint density at radius 1 is 0.946 bits per heavy atom. The molecule has 8 heteroatoms. The summed E-state index contributed by atoms with van der Waals surface area (Å²) in [6.45, 7) is 10.0. The van der Waals surface area contributed by atoms with Crippen LogP contribution in [0.1, 0.15) is 37.6 Å². The molecule has 0 saturated carbocycles. The van der Waals surface area contributed by atoms with Crippen molar-refractivity contribution in [3.05, 3.63) is 78.5 Å². The number of anilines is 2. The zero-order valence-electron chi connectivity index (χ0n) is 21.6. The summed E-state index contributed by atoms with van der Waals surface area (Å²) in [5.41, 5.74) is 3.28. The largest absolute Gasteiger partial charge is 0.369 e. The number of carbonyl (C=O) groups excluding carboxylic acids is 1. The Morgan fingerprint density at radius 2 is 1.73 bits per heavy atom. The second kappa shape index (κ2) is 10.6. The van der Waals surface area contributed by atoms with Crippen LogP contribution in [0.3, 0.4) is 0 Å². The van der Waals surface area contributed by atoms with Gasteiger partial charge in [0.25, 0.3) is 5.91 Å². The molecular formula is C29H33FN6O. The molecule has 7 nitrogen and oxygen atoms in total. The van der Waals surface area contributed by atoms with E-state index in [1.165, 1.54) is 12.1 Å². The average Bonchev–Trinajstić information content (AvgIpc) is 3.28. The molecule has 2 aromatic carbocycles. The molecule has 192 valence electrons. The van der Waals surface area contributed by atoms with Crippen LogP contribution < -0.4 is 9.80 Å². The minimum absolute atomic E-state index is 0.0271. The van der Waals surface area contributed by atoms with Gasteiger partial charge >= 0.3 is 0 Å². The van der Waals surface area contributed by atoms with Crippen molar-refractivity contribution in [1.82, 2.24) is 19.4 Å². The number of hydrogen-bond acceptors (Lipinski definition) is 5. The lowest BCUT2D eigenvalue weighted by Crippen LogP contribution is -2.54. The molecule has 4 heterocycles. The molecule has 0 spiro atoms. The maximum Gasteiger partial charge on any atom is 0.254 e. The molecule has 2 saturated heterocycles. The van der Waals surface area contributed by atoms with Crippen molar-refractivity contribution in [2.45, 2.75) is 33.2 Å². The monoisotopic (exact) mass is 500 g/mol. The highest BCUT2D eigenvalue weighted by Crippen LogP contribution is 2.38. The highest BCUT2D eigenvalue weighted by molar-refractivity contribution is 6.01. The molecule has 2 aliphatic heterocycles. The van der Waals surface area contributed by atoms with Crippen molar-refractivity contribution in [3.63, 3.8) is 0 Å². The van der Waals surface area contributed by atoms with E-state index < -0.39 is 0 Å². The summed E-state index contributed by atoms with van der Waals surface area (Å²) in [5, 5.41) is 0.978. The molecule has 1 amide bonds. The Bertz CT molecular complexity index is 1380. The molecule has 2 aliphatic rings. The van der Waals surface area contributed by atoms with Gasteiger partial charge in [0.05, 0.1) is 11.1 Å². The molecule has 0 N–H and O–H groups in total. The molecular weight excluding hydrogens is 467 g/mol. The molecule has 2 aromatic heterocycles. The van der Waals surface area contributed by atoms with Gasteiger partial charge in [0.1, 0.15) is 18.0 Å². The fourth-order valence-electron chi connectivity index (χ4n) is 5.08. The topological polar surface area (TPSA) is 57.5 Å². The van der Waals surface area contributed by atoms with Gasteiger partial charge in [0, 0.05) is 56.2 Å². The third-order valence-electron chi connectivity index (χ3n) is 7.03. The highest BCUT2D eigenvalue weighted by Gasteiger charge is 2.31. The van der Waals surface area contributed by atoms with Crippen molar-refractivity contribution in [1.29, 1.82) is 0 Å². The van der Waals surface area contributed by atoms with Gasteiger partial charge in [-0.1, -0.05) is 38.1 Å². The maximum atomic E-state index is 14.0. The standard InChI is InChI=1S/C27H27FN6O.C2H6/c1-19-16-32(13-14-33(19)27(35)20-7-3-2-4-8-20)25-24-23(31-11-6-12-31)17-34(26(24)30-18-29-25)22-10-5-9-21(28)15-22;1-2/h2-5,7-10,15,17-19H,6,11-14,16H2,1H3;1-2H3. The quantitative estimate of drug-likeness (QED) is 0.388. The molecule has 37 heavy (non-hydrogen) atoms. The van der Waals surface area contributed by atoms with Crippen molar-refractivity contribution < 1.29 is 9.18 Å². The first-order valence-corrected chi connectivity index (χ1v) is 13.1. The van der Waals surface area contributed by atoms with Gasteiger partial charge in [-0.2, -0.15) is 0 Å². The summed E-state index contributed by atoms with van der Waals surface area (Å²) in [4.78, 5) is 28.9. The lowest BCUT2D eigenvalue weighted by atomic mass is 10.1. The zero-order valence-corrected chi connectivity index (χ0v) is 21.6. The van der Waals surface area contributed by atoms with Crippen LogP contribution in [-0.2, 0) is 0 Å². The number of rotatable bonds is 4. The van der Waals surface area contributed by atoms with E-state index in [0.29, 0.717) is 25.2 Å². The SMILES string of the molecule is CC.CC1CN(c2ncnc3c2c(N2CCC2)cn3-c2cccc(F)c2)CCN1C(=O)c1ccccc1. The summed E-state index contributed by atoms with van der Waals surface area (Å²) < 4.78 is 16.0. The molecule has 0 aliphatic carbocycles. The van der Waals surface area contributed by atoms with Crippen LogP contribution in [0.25, 0.3) is 16.7 Å². The van der Waals surface area contributed by atoms with Gasteiger partial charge in [-0.15, -0.1) is 0 Å². The third kappa shape index (κ3) is 4.63. The summed E-state index contributed by atoms with van der Waals surface area (Å²) in [6.07, 6.45) is 4.78. The maximum absolute atomic E-state index is 14.0. The first kappa shape index (κ1) is 24.7. The van der Waals surface area contributed by atoms with E-state index in [4.69, 9.17) is 4.98 Å². The number of fused-ring (bicyclic) bond motifs is 1. The van der Waals surface area contributed by atoms with Crippen LogP contribution >= 0.6 is 0 Å². The second-order valence-electron chi connectivity index (χ2n) is 9.26. The normalized spacial score (nSPS) is 17.3. The van der Waals surface area contributed by atoms with Crippen molar-refractivity contribution in [2.24, 2.45) is 0 Å². The Labute approximate surface area is 217 Å². The molecule has 4 aromatic rings. The number of benzene rings is 2. The van der Waals surface area contributed by atoms with Crippen LogP contribution in [-0.4, -0.2) is 64.1 Å². The number of carbonyl (C=O) groups is 1. The van der Waals surface area contributed by atoms with Crippen LogP contribution in [0, 0.1) is 5.82 Å². The lowest BCUT2D eigenvalue weighted by Gasteiger charge is -2.41.